The van der Waals surface area contributed by atoms with Crippen LogP contribution in [0, 0.1) is 0 Å². The number of rotatable bonds is 6. The third-order valence-corrected chi connectivity index (χ3v) is 3.59. The first kappa shape index (κ1) is 13.3. The van der Waals surface area contributed by atoms with E-state index >= 15 is 0 Å². The Balaban J connectivity index is 2.05. The zero-order valence-corrected chi connectivity index (χ0v) is 12.2. The van der Waals surface area contributed by atoms with Crippen molar-refractivity contribution in [1.29, 1.82) is 0 Å². The number of halogens is 1. The van der Waals surface area contributed by atoms with Gasteiger partial charge < -0.3 is 5.32 Å². The van der Waals surface area contributed by atoms with E-state index in [0.717, 1.165) is 30.5 Å². The summed E-state index contributed by atoms with van der Waals surface area (Å²) in [5.41, 5.74) is 2.47. The molecule has 0 spiro atoms. The van der Waals surface area contributed by atoms with Crippen molar-refractivity contribution >= 4 is 15.9 Å². The van der Waals surface area contributed by atoms with Gasteiger partial charge in [-0.25, -0.2) is 0 Å². The largest absolute Gasteiger partial charge is 0.311 e. The van der Waals surface area contributed by atoms with Gasteiger partial charge in [-0.1, -0.05) is 41.1 Å². The lowest BCUT2D eigenvalue weighted by Crippen LogP contribution is -2.17. The minimum Gasteiger partial charge on any atom is -0.311 e. The van der Waals surface area contributed by atoms with Gasteiger partial charge in [0.25, 0.3) is 0 Å². The summed E-state index contributed by atoms with van der Waals surface area (Å²) in [4.78, 5) is 0. The molecule has 96 valence electrons. The second kappa shape index (κ2) is 6.71. The van der Waals surface area contributed by atoms with Gasteiger partial charge in [0.05, 0.1) is 12.2 Å². The van der Waals surface area contributed by atoms with Crippen LogP contribution in [0.5, 0.6) is 0 Å². The number of nitrogens with one attached hydrogen (secondary N) is 1. The van der Waals surface area contributed by atoms with E-state index in [2.05, 4.69) is 57.5 Å². The summed E-state index contributed by atoms with van der Waals surface area (Å²) in [5, 5.41) is 7.79. The van der Waals surface area contributed by atoms with E-state index in [0.29, 0.717) is 0 Å². The molecule has 0 saturated heterocycles. The minimum atomic E-state index is 0.803. The van der Waals surface area contributed by atoms with Gasteiger partial charge in [0.1, 0.15) is 0 Å². The Morgan fingerprint density at radius 2 is 2.11 bits per heavy atom. The predicted molar refractivity (Wildman–Crippen MR) is 77.5 cm³/mol. The highest BCUT2D eigenvalue weighted by Gasteiger charge is 2.05. The molecule has 2 aromatic rings. The normalized spacial score (nSPS) is 10.8. The molecule has 0 fully saturated rings. The Bertz CT molecular complexity index is 493. The molecule has 0 saturated carbocycles. The van der Waals surface area contributed by atoms with Crippen LogP contribution < -0.4 is 5.32 Å². The van der Waals surface area contributed by atoms with Crippen LogP contribution in [-0.2, 0) is 13.1 Å². The standard InChI is InChI=1S/C14H18BrN3/c1-2-8-16-10-13-7-9-17-18(13)11-12-5-3-4-6-14(12)15/h3-7,9,16H,2,8,10-11H2,1H3. The lowest BCUT2D eigenvalue weighted by atomic mass is 10.2. The Hall–Kier alpha value is -1.13. The molecule has 1 heterocycles. The predicted octanol–water partition coefficient (Wildman–Crippen LogP) is 3.19. The fourth-order valence-corrected chi connectivity index (χ4v) is 2.24. The molecule has 3 nitrogen and oxygen atoms in total. The zero-order chi connectivity index (χ0) is 12.8. The average molecular weight is 308 g/mol. The van der Waals surface area contributed by atoms with Gasteiger partial charge >= 0.3 is 0 Å². The molecule has 0 aliphatic heterocycles. The fourth-order valence-electron chi connectivity index (χ4n) is 1.83. The summed E-state index contributed by atoms with van der Waals surface area (Å²) >= 11 is 3.57. The summed E-state index contributed by atoms with van der Waals surface area (Å²) in [6.45, 7) is 4.89. The molecule has 0 aliphatic carbocycles. The van der Waals surface area contributed by atoms with Gasteiger partial charge in [0.2, 0.25) is 0 Å². The van der Waals surface area contributed by atoms with E-state index in [9.17, 15) is 0 Å². The maximum Gasteiger partial charge on any atom is 0.0674 e. The Morgan fingerprint density at radius 3 is 2.89 bits per heavy atom. The lowest BCUT2D eigenvalue weighted by Gasteiger charge is -2.09. The lowest BCUT2D eigenvalue weighted by molar-refractivity contribution is 0.592. The van der Waals surface area contributed by atoms with Crippen molar-refractivity contribution in [1.82, 2.24) is 15.1 Å². The Morgan fingerprint density at radius 1 is 1.28 bits per heavy atom. The van der Waals surface area contributed by atoms with E-state index in [4.69, 9.17) is 0 Å². The monoisotopic (exact) mass is 307 g/mol. The van der Waals surface area contributed by atoms with E-state index < -0.39 is 0 Å². The van der Waals surface area contributed by atoms with Crippen LogP contribution in [0.25, 0.3) is 0 Å². The molecule has 0 unspecified atom stereocenters. The van der Waals surface area contributed by atoms with Crippen LogP contribution >= 0.6 is 15.9 Å². The summed E-state index contributed by atoms with van der Waals surface area (Å²) in [6.07, 6.45) is 3.01. The second-order valence-electron chi connectivity index (χ2n) is 4.25. The van der Waals surface area contributed by atoms with Gasteiger partial charge in [-0.2, -0.15) is 5.10 Å². The third-order valence-electron chi connectivity index (χ3n) is 2.82. The number of hydrogen-bond acceptors (Lipinski definition) is 2. The van der Waals surface area contributed by atoms with Crippen LogP contribution in [0.2, 0.25) is 0 Å². The van der Waals surface area contributed by atoms with E-state index in [-0.39, 0.29) is 0 Å². The first-order chi connectivity index (χ1) is 8.81. The smallest absolute Gasteiger partial charge is 0.0674 e. The van der Waals surface area contributed by atoms with Crippen LogP contribution in [0.4, 0.5) is 0 Å². The van der Waals surface area contributed by atoms with E-state index in [1.54, 1.807) is 0 Å². The van der Waals surface area contributed by atoms with Crippen LogP contribution in [-0.4, -0.2) is 16.3 Å². The number of benzene rings is 1. The van der Waals surface area contributed by atoms with Crippen molar-refractivity contribution in [2.24, 2.45) is 0 Å². The molecule has 0 radical (unpaired) electrons. The summed E-state index contributed by atoms with van der Waals surface area (Å²) in [5.74, 6) is 0. The van der Waals surface area contributed by atoms with Gasteiger partial charge in [-0.3, -0.25) is 4.68 Å². The van der Waals surface area contributed by atoms with Crippen molar-refractivity contribution in [3.05, 3.63) is 52.3 Å². The molecule has 0 atom stereocenters. The summed E-state index contributed by atoms with van der Waals surface area (Å²) < 4.78 is 3.18. The van der Waals surface area contributed by atoms with Gasteiger partial charge in [0.15, 0.2) is 0 Å². The number of hydrogen-bond donors (Lipinski definition) is 1. The first-order valence-corrected chi connectivity index (χ1v) is 7.05. The van der Waals surface area contributed by atoms with Crippen molar-refractivity contribution in [2.45, 2.75) is 26.4 Å². The maximum absolute atomic E-state index is 4.39. The molecule has 18 heavy (non-hydrogen) atoms. The van der Waals surface area contributed by atoms with Crippen LogP contribution in [0.3, 0.4) is 0 Å². The molecule has 1 N–H and O–H groups in total. The first-order valence-electron chi connectivity index (χ1n) is 6.26. The molecule has 1 aromatic heterocycles. The highest BCUT2D eigenvalue weighted by molar-refractivity contribution is 9.10. The molecule has 2 rings (SSSR count). The van der Waals surface area contributed by atoms with E-state index in [1.165, 1.54) is 11.3 Å². The van der Waals surface area contributed by atoms with E-state index in [1.807, 2.05) is 16.9 Å². The molecular weight excluding hydrogens is 290 g/mol. The fraction of sp³-hybridized carbons (Fsp3) is 0.357. The molecule has 0 bridgehead atoms. The quantitative estimate of drug-likeness (QED) is 0.831. The van der Waals surface area contributed by atoms with Crippen molar-refractivity contribution < 1.29 is 0 Å². The number of aromatic nitrogens is 2. The third kappa shape index (κ3) is 3.43. The van der Waals surface area contributed by atoms with Crippen molar-refractivity contribution in [3.63, 3.8) is 0 Å². The maximum atomic E-state index is 4.39. The Labute approximate surface area is 116 Å². The second-order valence-corrected chi connectivity index (χ2v) is 5.10. The minimum absolute atomic E-state index is 0.803. The highest BCUT2D eigenvalue weighted by atomic mass is 79.9. The van der Waals surface area contributed by atoms with Crippen LogP contribution in [0.1, 0.15) is 24.6 Å². The van der Waals surface area contributed by atoms with Crippen molar-refractivity contribution in [2.75, 3.05) is 6.54 Å². The Kier molecular flexibility index (Phi) is 4.96. The zero-order valence-electron chi connectivity index (χ0n) is 10.6. The number of nitrogens with zero attached hydrogens (tertiary/aromatic N) is 2. The molecule has 0 aliphatic rings. The molecule has 1 aromatic carbocycles. The van der Waals surface area contributed by atoms with Crippen molar-refractivity contribution in [3.8, 4) is 0 Å². The van der Waals surface area contributed by atoms with Gasteiger partial charge in [-0.05, 0) is 30.7 Å². The topological polar surface area (TPSA) is 29.9 Å². The van der Waals surface area contributed by atoms with Gasteiger partial charge in [0, 0.05) is 17.2 Å². The molecule has 4 heteroatoms. The average Bonchev–Trinajstić information content (AvgIpc) is 2.80. The molecule has 0 amide bonds. The highest BCUT2D eigenvalue weighted by Crippen LogP contribution is 2.17. The summed E-state index contributed by atoms with van der Waals surface area (Å²) in [7, 11) is 0. The molecular formula is C14H18BrN3. The van der Waals surface area contributed by atoms with Crippen LogP contribution in [0.15, 0.2) is 41.0 Å². The van der Waals surface area contributed by atoms with Gasteiger partial charge in [-0.15, -0.1) is 0 Å². The SMILES string of the molecule is CCCNCc1ccnn1Cc1ccccc1Br. The summed E-state index contributed by atoms with van der Waals surface area (Å²) in [6, 6.07) is 10.3.